The Hall–Kier alpha value is -1.13. The number of aromatic nitrogens is 3. The topological polar surface area (TPSA) is 62.8 Å². The number of aryl methyl sites for hydroxylation is 1. The molecular formula is C3H6N3O2+. The van der Waals surface area contributed by atoms with Crippen LogP contribution in [0.5, 0.6) is 0 Å². The van der Waals surface area contributed by atoms with E-state index >= 15 is 0 Å². The Labute approximate surface area is 44.9 Å². The lowest BCUT2D eigenvalue weighted by atomic mass is 10.8. The summed E-state index contributed by atoms with van der Waals surface area (Å²) in [4.78, 5) is 11.5. The van der Waals surface area contributed by atoms with Crippen molar-refractivity contribution in [2.75, 3.05) is 0 Å². The van der Waals surface area contributed by atoms with Gasteiger partial charge in [0.05, 0.1) is 0 Å². The molecular weight excluding hydrogens is 110 g/mol. The van der Waals surface area contributed by atoms with E-state index in [1.807, 2.05) is 6.92 Å². The first-order valence-electron chi connectivity index (χ1n) is 2.29. The van der Waals surface area contributed by atoms with Crippen LogP contribution in [-0.2, 0) is 6.54 Å². The van der Waals surface area contributed by atoms with Crippen molar-refractivity contribution >= 4 is 0 Å². The number of aromatic amines is 1. The van der Waals surface area contributed by atoms with E-state index in [9.17, 15) is 4.79 Å². The smallest absolute Gasteiger partial charge is 0.240 e. The zero-order valence-corrected chi connectivity index (χ0v) is 4.42. The van der Waals surface area contributed by atoms with Crippen molar-refractivity contribution in [1.29, 1.82) is 0 Å². The third kappa shape index (κ3) is 0.749. The molecule has 0 aliphatic heterocycles. The fourth-order valence-electron chi connectivity index (χ4n) is 0.369. The van der Waals surface area contributed by atoms with Crippen LogP contribution in [0.15, 0.2) is 9.32 Å². The lowest BCUT2D eigenvalue weighted by Gasteiger charge is -1.66. The molecule has 0 fully saturated rings. The van der Waals surface area contributed by atoms with Crippen LogP contribution >= 0.6 is 0 Å². The van der Waals surface area contributed by atoms with Crippen molar-refractivity contribution in [3.05, 3.63) is 10.6 Å². The highest BCUT2D eigenvalue weighted by Gasteiger charge is 2.00. The minimum absolute atomic E-state index is 0.521. The zero-order valence-electron chi connectivity index (χ0n) is 4.42. The Morgan fingerprint density at radius 2 is 2.75 bits per heavy atom. The number of rotatable bonds is 1. The molecule has 0 aliphatic rings. The second kappa shape index (κ2) is 1.77. The number of nitrogens with zero attached hydrogens (tertiary/aromatic N) is 2. The van der Waals surface area contributed by atoms with Gasteiger partial charge < -0.3 is 0 Å². The minimum Gasteiger partial charge on any atom is -0.240 e. The molecule has 5 nitrogen and oxygen atoms in total. The zero-order chi connectivity index (χ0) is 5.98. The van der Waals surface area contributed by atoms with Crippen LogP contribution in [0.25, 0.3) is 0 Å². The maximum Gasteiger partial charge on any atom is 0.492 e. The van der Waals surface area contributed by atoms with Crippen molar-refractivity contribution in [2.45, 2.75) is 13.5 Å². The highest BCUT2D eigenvalue weighted by atomic mass is 16.5. The van der Waals surface area contributed by atoms with E-state index in [0.717, 1.165) is 0 Å². The van der Waals surface area contributed by atoms with Gasteiger partial charge in [-0.3, -0.25) is 0 Å². The molecule has 0 radical (unpaired) electrons. The van der Waals surface area contributed by atoms with Gasteiger partial charge in [0.15, 0.2) is 0 Å². The molecule has 8 heavy (non-hydrogen) atoms. The van der Waals surface area contributed by atoms with Crippen molar-refractivity contribution in [3.63, 3.8) is 0 Å². The van der Waals surface area contributed by atoms with Gasteiger partial charge in [-0.15, -0.1) is 0 Å². The van der Waals surface area contributed by atoms with E-state index in [4.69, 9.17) is 0 Å². The van der Waals surface area contributed by atoms with Gasteiger partial charge in [-0.1, -0.05) is 5.10 Å². The van der Waals surface area contributed by atoms with E-state index in [-0.39, 0.29) is 0 Å². The largest absolute Gasteiger partial charge is 0.492 e. The SMILES string of the molecule is CC[n+]1noc(=O)[nH]1. The molecule has 1 aromatic rings. The summed E-state index contributed by atoms with van der Waals surface area (Å²) in [7, 11) is 0. The summed E-state index contributed by atoms with van der Waals surface area (Å²) in [6, 6.07) is 0. The summed E-state index contributed by atoms with van der Waals surface area (Å²) in [6.07, 6.45) is 0. The van der Waals surface area contributed by atoms with Crippen LogP contribution in [0, 0.1) is 0 Å². The molecule has 1 N–H and O–H groups in total. The summed E-state index contributed by atoms with van der Waals surface area (Å²) in [6.45, 7) is 2.46. The lowest BCUT2D eigenvalue weighted by molar-refractivity contribution is -0.809. The molecule has 0 aromatic carbocycles. The average Bonchev–Trinajstić information content (AvgIpc) is 2.14. The molecule has 44 valence electrons. The molecule has 0 unspecified atom stereocenters. The van der Waals surface area contributed by atoms with Crippen molar-refractivity contribution in [1.82, 2.24) is 10.4 Å². The molecule has 0 saturated carbocycles. The highest BCUT2D eigenvalue weighted by molar-refractivity contribution is 4.23. The van der Waals surface area contributed by atoms with Gasteiger partial charge >= 0.3 is 5.76 Å². The van der Waals surface area contributed by atoms with Crippen molar-refractivity contribution in [2.24, 2.45) is 0 Å². The quantitative estimate of drug-likeness (QED) is 0.462. The van der Waals surface area contributed by atoms with Gasteiger partial charge in [0.2, 0.25) is 11.8 Å². The minimum atomic E-state index is -0.521. The fourth-order valence-corrected chi connectivity index (χ4v) is 0.369. The van der Waals surface area contributed by atoms with E-state index in [1.54, 1.807) is 0 Å². The fraction of sp³-hybridized carbons (Fsp3) is 0.667. The van der Waals surface area contributed by atoms with Crippen LogP contribution in [0.4, 0.5) is 0 Å². The predicted molar refractivity (Wildman–Crippen MR) is 23.0 cm³/mol. The Kier molecular flexibility index (Phi) is 1.11. The maximum atomic E-state index is 10.1. The lowest BCUT2D eigenvalue weighted by Crippen LogP contribution is -2.38. The molecule has 0 atom stereocenters. The van der Waals surface area contributed by atoms with Crippen molar-refractivity contribution < 1.29 is 9.32 Å². The van der Waals surface area contributed by atoms with Crippen molar-refractivity contribution in [3.8, 4) is 0 Å². The summed E-state index contributed by atoms with van der Waals surface area (Å²) < 4.78 is 4.16. The van der Waals surface area contributed by atoms with Crippen LogP contribution in [0.1, 0.15) is 6.92 Å². The highest BCUT2D eigenvalue weighted by Crippen LogP contribution is 1.50. The Morgan fingerprint density at radius 3 is 3.00 bits per heavy atom. The molecule has 0 spiro atoms. The van der Waals surface area contributed by atoms with Crippen LogP contribution < -0.4 is 10.6 Å². The first-order valence-corrected chi connectivity index (χ1v) is 2.29. The molecule has 5 heteroatoms. The monoisotopic (exact) mass is 116 g/mol. The maximum absolute atomic E-state index is 10.1. The van der Waals surface area contributed by atoms with Gasteiger partial charge in [-0.25, -0.2) is 9.32 Å². The van der Waals surface area contributed by atoms with Gasteiger partial charge in [-0.05, 0) is 0 Å². The van der Waals surface area contributed by atoms with Gasteiger partial charge in [0.1, 0.15) is 0 Å². The number of hydrogen-bond donors (Lipinski definition) is 1. The summed E-state index contributed by atoms with van der Waals surface area (Å²) in [5.41, 5.74) is 0. The van der Waals surface area contributed by atoms with E-state index < -0.39 is 5.76 Å². The number of nitrogens with one attached hydrogen (secondary N) is 1. The van der Waals surface area contributed by atoms with E-state index in [2.05, 4.69) is 14.9 Å². The first-order chi connectivity index (χ1) is 3.83. The Balaban J connectivity index is 3.01. The Morgan fingerprint density at radius 1 is 2.00 bits per heavy atom. The number of hydrogen-bond acceptors (Lipinski definition) is 3. The summed E-state index contributed by atoms with van der Waals surface area (Å²) in [5.74, 6) is -0.521. The van der Waals surface area contributed by atoms with Gasteiger partial charge in [0.25, 0.3) is 0 Å². The third-order valence-electron chi connectivity index (χ3n) is 0.742. The van der Waals surface area contributed by atoms with Crippen LogP contribution in [0.3, 0.4) is 0 Å². The molecule has 0 aliphatic carbocycles. The molecule has 0 saturated heterocycles. The molecule has 1 heterocycles. The molecule has 1 rings (SSSR count). The Bertz CT molecular complexity index is 212. The normalized spacial score (nSPS) is 9.62. The summed E-state index contributed by atoms with van der Waals surface area (Å²) in [5, 5.41) is 5.62. The predicted octanol–water partition coefficient (Wildman–Crippen LogP) is -1.33. The van der Waals surface area contributed by atoms with Crippen LogP contribution in [-0.4, -0.2) is 10.4 Å². The standard InChI is InChI=1S/C3H5N3O2/c1-2-6-4-3(7)8-5-6/h2H2,1H3/p+1. The summed E-state index contributed by atoms with van der Waals surface area (Å²) >= 11 is 0. The van der Waals surface area contributed by atoms with E-state index in [1.165, 1.54) is 4.80 Å². The second-order valence-corrected chi connectivity index (χ2v) is 1.29. The van der Waals surface area contributed by atoms with Gasteiger partial charge in [0, 0.05) is 11.7 Å². The van der Waals surface area contributed by atoms with Gasteiger partial charge in [-0.2, -0.15) is 0 Å². The molecule has 0 amide bonds. The third-order valence-corrected chi connectivity index (χ3v) is 0.742. The first kappa shape index (κ1) is 5.02. The van der Waals surface area contributed by atoms with E-state index in [0.29, 0.717) is 6.54 Å². The number of H-pyrrole nitrogens is 1. The second-order valence-electron chi connectivity index (χ2n) is 1.29. The molecule has 0 bridgehead atoms. The van der Waals surface area contributed by atoms with Crippen LogP contribution in [0.2, 0.25) is 0 Å². The molecule has 1 aromatic heterocycles. The average molecular weight is 116 g/mol.